The van der Waals surface area contributed by atoms with Crippen LogP contribution in [0.3, 0.4) is 0 Å². The molecule has 1 amide bonds. The second-order valence-electron chi connectivity index (χ2n) is 4.23. The first-order chi connectivity index (χ1) is 9.11. The van der Waals surface area contributed by atoms with Gasteiger partial charge in [0.25, 0.3) is 5.91 Å². The fourth-order valence-corrected chi connectivity index (χ4v) is 3.27. The minimum Gasteiger partial charge on any atom is -0.293 e. The summed E-state index contributed by atoms with van der Waals surface area (Å²) in [5.74, 6) is 0.0123. The maximum Gasteiger partial charge on any atom is 0.266 e. The maximum absolute atomic E-state index is 12.1. The summed E-state index contributed by atoms with van der Waals surface area (Å²) in [5, 5.41) is 0. The topological polar surface area (TPSA) is 20.3 Å². The van der Waals surface area contributed by atoms with E-state index < -0.39 is 0 Å². The van der Waals surface area contributed by atoms with Crippen LogP contribution in [-0.2, 0) is 4.79 Å². The van der Waals surface area contributed by atoms with Gasteiger partial charge in [0.2, 0.25) is 0 Å². The second kappa shape index (κ2) is 6.17. The quantitative estimate of drug-likeness (QED) is 0.622. The third-order valence-corrected chi connectivity index (χ3v) is 4.12. The van der Waals surface area contributed by atoms with Crippen LogP contribution in [0.2, 0.25) is 0 Å². The lowest BCUT2D eigenvalue weighted by Crippen LogP contribution is -2.27. The second-order valence-corrected chi connectivity index (χ2v) is 5.90. The molecule has 0 unspecified atom stereocenters. The Morgan fingerprint density at radius 1 is 1.37 bits per heavy atom. The molecule has 98 valence electrons. The molecule has 1 aliphatic rings. The maximum atomic E-state index is 12.1. The number of carbonyl (C=O) groups is 1. The molecule has 0 atom stereocenters. The highest BCUT2D eigenvalue weighted by Gasteiger charge is 2.30. The Kier molecular flexibility index (Phi) is 4.56. The highest BCUT2D eigenvalue weighted by atomic mass is 32.2. The smallest absolute Gasteiger partial charge is 0.266 e. The monoisotopic (exact) mass is 289 g/mol. The summed E-state index contributed by atoms with van der Waals surface area (Å²) < 4.78 is 0.645. The Bertz CT molecular complexity index is 561. The number of likely N-dealkylation sites (N-methyl/N-ethyl adjacent to an activating group) is 1. The van der Waals surface area contributed by atoms with Crippen LogP contribution in [0.25, 0.3) is 6.08 Å². The molecule has 1 heterocycles. The fourth-order valence-electron chi connectivity index (χ4n) is 1.83. The van der Waals surface area contributed by atoms with Gasteiger partial charge in [-0.15, -0.1) is 0 Å². The normalized spacial score (nSPS) is 18.5. The van der Waals surface area contributed by atoms with Crippen molar-refractivity contribution in [2.75, 3.05) is 6.54 Å². The van der Waals surface area contributed by atoms with Crippen LogP contribution in [0, 0.1) is 0 Å². The highest BCUT2D eigenvalue weighted by molar-refractivity contribution is 8.26. The van der Waals surface area contributed by atoms with Gasteiger partial charge < -0.3 is 0 Å². The van der Waals surface area contributed by atoms with E-state index in [4.69, 9.17) is 12.2 Å². The van der Waals surface area contributed by atoms with Crippen molar-refractivity contribution in [1.29, 1.82) is 0 Å². The van der Waals surface area contributed by atoms with Crippen molar-refractivity contribution in [3.8, 4) is 0 Å². The molecular weight excluding hydrogens is 274 g/mol. The number of thiocarbonyl (C=S) groups is 1. The molecule has 0 bridgehead atoms. The minimum atomic E-state index is 0.0123. The Morgan fingerprint density at radius 3 is 2.63 bits per heavy atom. The van der Waals surface area contributed by atoms with E-state index in [9.17, 15) is 4.79 Å². The summed E-state index contributed by atoms with van der Waals surface area (Å²) in [4.78, 5) is 14.4. The lowest BCUT2D eigenvalue weighted by atomic mass is 10.1. The lowest BCUT2D eigenvalue weighted by molar-refractivity contribution is -0.122. The van der Waals surface area contributed by atoms with E-state index in [1.54, 1.807) is 4.90 Å². The van der Waals surface area contributed by atoms with Crippen LogP contribution in [0.1, 0.15) is 19.4 Å². The summed E-state index contributed by atoms with van der Waals surface area (Å²) in [6.45, 7) is 4.55. The van der Waals surface area contributed by atoms with Crippen molar-refractivity contribution in [2.45, 2.75) is 13.8 Å². The first-order valence-corrected chi connectivity index (χ1v) is 7.33. The van der Waals surface area contributed by atoms with Crippen molar-refractivity contribution < 1.29 is 4.79 Å². The summed E-state index contributed by atoms with van der Waals surface area (Å²) in [6.07, 6.45) is 3.96. The number of hydrogen-bond acceptors (Lipinski definition) is 3. The van der Waals surface area contributed by atoms with E-state index >= 15 is 0 Å². The Balaban J connectivity index is 2.21. The first-order valence-electron chi connectivity index (χ1n) is 6.10. The Morgan fingerprint density at radius 2 is 2.05 bits per heavy atom. The van der Waals surface area contributed by atoms with Crippen LogP contribution in [0.4, 0.5) is 0 Å². The first kappa shape index (κ1) is 14.0. The van der Waals surface area contributed by atoms with Crippen molar-refractivity contribution >= 4 is 40.3 Å². The zero-order valence-electron chi connectivity index (χ0n) is 10.9. The van der Waals surface area contributed by atoms with Crippen molar-refractivity contribution in [2.24, 2.45) is 0 Å². The summed E-state index contributed by atoms with van der Waals surface area (Å²) >= 11 is 6.56. The number of nitrogens with zero attached hydrogens (tertiary/aromatic N) is 1. The largest absolute Gasteiger partial charge is 0.293 e. The number of hydrogen-bond donors (Lipinski definition) is 0. The van der Waals surface area contributed by atoms with E-state index in [1.807, 2.05) is 50.3 Å². The van der Waals surface area contributed by atoms with Gasteiger partial charge >= 0.3 is 0 Å². The molecule has 2 rings (SSSR count). The minimum absolute atomic E-state index is 0.0123. The third-order valence-electron chi connectivity index (χ3n) is 2.74. The molecule has 0 radical (unpaired) electrons. The van der Waals surface area contributed by atoms with E-state index in [0.29, 0.717) is 15.8 Å². The molecule has 0 aliphatic carbocycles. The summed E-state index contributed by atoms with van der Waals surface area (Å²) in [6, 6.07) is 10.0. The summed E-state index contributed by atoms with van der Waals surface area (Å²) in [7, 11) is 0. The van der Waals surface area contributed by atoms with Crippen molar-refractivity contribution in [3.63, 3.8) is 0 Å². The molecule has 0 saturated carbocycles. The highest BCUT2D eigenvalue weighted by Crippen LogP contribution is 2.31. The van der Waals surface area contributed by atoms with Gasteiger partial charge in [0.05, 0.1) is 4.91 Å². The van der Waals surface area contributed by atoms with Gasteiger partial charge in [-0.2, -0.15) is 0 Å². The molecule has 1 aromatic carbocycles. The van der Waals surface area contributed by atoms with E-state index in [2.05, 4.69) is 6.08 Å². The zero-order chi connectivity index (χ0) is 13.8. The van der Waals surface area contributed by atoms with Gasteiger partial charge in [0.1, 0.15) is 4.32 Å². The van der Waals surface area contributed by atoms with Crippen LogP contribution in [0.15, 0.2) is 46.9 Å². The van der Waals surface area contributed by atoms with Crippen LogP contribution in [0.5, 0.6) is 0 Å². The lowest BCUT2D eigenvalue weighted by Gasteiger charge is -2.09. The molecule has 1 aliphatic heterocycles. The van der Waals surface area contributed by atoms with Gasteiger partial charge in [-0.25, -0.2) is 0 Å². The number of carbonyl (C=O) groups excluding carboxylic acids is 1. The number of amides is 1. The average Bonchev–Trinajstić information content (AvgIpc) is 2.65. The summed E-state index contributed by atoms with van der Waals surface area (Å²) in [5.41, 5.74) is 2.17. The number of rotatable bonds is 3. The van der Waals surface area contributed by atoms with E-state index in [0.717, 1.165) is 11.1 Å². The average molecular weight is 289 g/mol. The van der Waals surface area contributed by atoms with Crippen LogP contribution < -0.4 is 0 Å². The molecule has 1 saturated heterocycles. The third kappa shape index (κ3) is 3.33. The van der Waals surface area contributed by atoms with Gasteiger partial charge in [0, 0.05) is 6.54 Å². The molecule has 1 aromatic rings. The molecule has 1 fully saturated rings. The molecule has 0 N–H and O–H groups in total. The van der Waals surface area contributed by atoms with Crippen LogP contribution in [-0.4, -0.2) is 21.7 Å². The molecule has 0 spiro atoms. The molecular formula is C15H15NOS2. The number of benzene rings is 1. The zero-order valence-corrected chi connectivity index (χ0v) is 12.6. The molecule has 2 nitrogen and oxygen atoms in total. The molecule has 4 heteroatoms. The van der Waals surface area contributed by atoms with E-state index in [-0.39, 0.29) is 5.91 Å². The van der Waals surface area contributed by atoms with Crippen molar-refractivity contribution in [3.05, 3.63) is 52.4 Å². The number of thioether (sulfide) groups is 1. The standard InChI is InChI=1S/C15H15NOS2/c1-3-16-14(17)13(19-15(16)18)10-11(2)9-12-7-5-4-6-8-12/h4-10H,3H2,1-2H3/b11-9+,13-10+. The molecule has 0 aromatic heterocycles. The van der Waals surface area contributed by atoms with Gasteiger partial charge in [0.15, 0.2) is 0 Å². The Hall–Kier alpha value is -1.39. The fraction of sp³-hybridized carbons (Fsp3) is 0.200. The molecule has 19 heavy (non-hydrogen) atoms. The predicted octanol–water partition coefficient (Wildman–Crippen LogP) is 3.85. The van der Waals surface area contributed by atoms with Gasteiger partial charge in [-0.3, -0.25) is 9.69 Å². The number of allylic oxidation sites excluding steroid dienone is 2. The SMILES string of the molecule is CCN1C(=O)/C(=C\C(C)=C\c2ccccc2)SC1=S. The Labute approximate surface area is 123 Å². The van der Waals surface area contributed by atoms with Gasteiger partial charge in [-0.05, 0) is 31.1 Å². The van der Waals surface area contributed by atoms with E-state index in [1.165, 1.54) is 11.8 Å². The predicted molar refractivity (Wildman–Crippen MR) is 85.8 cm³/mol. The van der Waals surface area contributed by atoms with Gasteiger partial charge in [-0.1, -0.05) is 60.4 Å². The van der Waals surface area contributed by atoms with Crippen LogP contribution >= 0.6 is 24.0 Å². The van der Waals surface area contributed by atoms with Crippen molar-refractivity contribution in [1.82, 2.24) is 4.90 Å².